The van der Waals surface area contributed by atoms with Gasteiger partial charge in [0.2, 0.25) is 5.82 Å². The van der Waals surface area contributed by atoms with Crippen molar-refractivity contribution in [2.75, 3.05) is 0 Å². The Hall–Kier alpha value is -4.34. The molecule has 1 aliphatic rings. The molecule has 0 spiro atoms. The van der Waals surface area contributed by atoms with Crippen molar-refractivity contribution >= 4 is 12.0 Å². The molecule has 5 rings (SSSR count). The van der Waals surface area contributed by atoms with Crippen molar-refractivity contribution in [3.05, 3.63) is 82.3 Å². The van der Waals surface area contributed by atoms with Crippen LogP contribution in [0.15, 0.2) is 64.8 Å². The van der Waals surface area contributed by atoms with E-state index in [2.05, 4.69) is 57.7 Å². The first kappa shape index (κ1) is 26.3. The number of H-pyrrole nitrogens is 1. The zero-order valence-electron chi connectivity index (χ0n) is 22.7. The normalized spacial score (nSPS) is 16.7. The van der Waals surface area contributed by atoms with Gasteiger partial charge in [-0.25, -0.2) is 4.79 Å². The Balaban J connectivity index is 1.64. The molecule has 3 aromatic heterocycles. The van der Waals surface area contributed by atoms with Crippen LogP contribution in [0.3, 0.4) is 0 Å². The highest BCUT2D eigenvalue weighted by molar-refractivity contribution is 5.97. The highest BCUT2D eigenvalue weighted by Gasteiger charge is 2.33. The standard InChI is InChI=1S/C29H34N8O2/c1-4-6-10-24-19-36(27-25(21(3)38)11-17-35(27)16-5-2)28(39)37(24)20-29(12-14-30-15-13-29)23-9-7-8-22(18-23)26-31-33-34-32-26/h7-9,11-12,14-15,17-19H,4-6,10,13,16,20H2,1-3H3,(H,31,32,33,34). The van der Waals surface area contributed by atoms with E-state index in [0.29, 0.717) is 30.2 Å². The first-order chi connectivity index (χ1) is 19.0. The molecule has 10 heteroatoms. The summed E-state index contributed by atoms with van der Waals surface area (Å²) in [6.07, 6.45) is 13.9. The average Bonchev–Trinajstić information content (AvgIpc) is 3.69. The summed E-state index contributed by atoms with van der Waals surface area (Å²) in [7, 11) is 0. The fourth-order valence-electron chi connectivity index (χ4n) is 5.32. The summed E-state index contributed by atoms with van der Waals surface area (Å²) in [4.78, 5) is 31.1. The molecule has 1 N–H and O–H groups in total. The Kier molecular flexibility index (Phi) is 7.53. The molecule has 0 bridgehead atoms. The molecule has 4 heterocycles. The molecule has 10 nitrogen and oxygen atoms in total. The molecule has 0 fully saturated rings. The van der Waals surface area contributed by atoms with E-state index in [1.165, 1.54) is 0 Å². The van der Waals surface area contributed by atoms with Gasteiger partial charge in [-0.2, -0.15) is 5.21 Å². The topological polar surface area (TPSA) is 116 Å². The van der Waals surface area contributed by atoms with Crippen molar-refractivity contribution in [3.8, 4) is 17.2 Å². The number of aromatic nitrogens is 7. The molecular formula is C29H34N8O2. The smallest absolute Gasteiger partial charge is 0.333 e. The van der Waals surface area contributed by atoms with E-state index < -0.39 is 5.41 Å². The molecule has 0 aliphatic carbocycles. The first-order valence-corrected chi connectivity index (χ1v) is 13.5. The van der Waals surface area contributed by atoms with Crippen molar-refractivity contribution < 1.29 is 4.79 Å². The summed E-state index contributed by atoms with van der Waals surface area (Å²) in [6.45, 7) is 6.93. The van der Waals surface area contributed by atoms with E-state index in [4.69, 9.17) is 0 Å². The number of aliphatic imine (C=N–C) groups is 1. The average molecular weight is 527 g/mol. The van der Waals surface area contributed by atoms with Crippen LogP contribution in [0.1, 0.15) is 68.1 Å². The van der Waals surface area contributed by atoms with Gasteiger partial charge in [0.05, 0.1) is 5.56 Å². The van der Waals surface area contributed by atoms with Crippen molar-refractivity contribution in [1.29, 1.82) is 0 Å². The zero-order valence-corrected chi connectivity index (χ0v) is 22.7. The van der Waals surface area contributed by atoms with Gasteiger partial charge >= 0.3 is 5.69 Å². The maximum Gasteiger partial charge on any atom is 0.334 e. The fraction of sp³-hybridized carbons (Fsp3) is 0.379. The summed E-state index contributed by atoms with van der Waals surface area (Å²) in [6, 6.07) is 9.87. The molecule has 0 radical (unpaired) electrons. The lowest BCUT2D eigenvalue weighted by Crippen LogP contribution is -2.37. The Morgan fingerprint density at radius 2 is 2.05 bits per heavy atom. The Labute approximate surface area is 227 Å². The number of aromatic amines is 1. The monoisotopic (exact) mass is 526 g/mol. The fourth-order valence-corrected chi connectivity index (χ4v) is 5.32. The van der Waals surface area contributed by atoms with Gasteiger partial charge in [-0.15, -0.1) is 10.2 Å². The third-order valence-corrected chi connectivity index (χ3v) is 7.38. The largest absolute Gasteiger partial charge is 0.334 e. The number of carbonyl (C=O) groups is 1. The number of rotatable bonds is 11. The van der Waals surface area contributed by atoms with Gasteiger partial charge < -0.3 is 4.57 Å². The van der Waals surface area contributed by atoms with Gasteiger partial charge in [-0.05, 0) is 55.5 Å². The number of hydrogen-bond acceptors (Lipinski definition) is 6. The van der Waals surface area contributed by atoms with Gasteiger partial charge in [0.15, 0.2) is 5.78 Å². The number of nitrogens with one attached hydrogen (secondary N) is 1. The molecule has 0 saturated heterocycles. The first-order valence-electron chi connectivity index (χ1n) is 13.5. The second-order valence-corrected chi connectivity index (χ2v) is 10.1. The molecule has 1 aromatic carbocycles. The summed E-state index contributed by atoms with van der Waals surface area (Å²) in [5.41, 5.74) is 2.72. The number of unbranched alkanes of at least 4 members (excludes halogenated alkanes) is 1. The molecule has 1 aliphatic heterocycles. The lowest BCUT2D eigenvalue weighted by atomic mass is 9.76. The van der Waals surface area contributed by atoms with Crippen LogP contribution in [0.2, 0.25) is 0 Å². The summed E-state index contributed by atoms with van der Waals surface area (Å²) < 4.78 is 5.55. The van der Waals surface area contributed by atoms with Crippen LogP contribution < -0.4 is 5.69 Å². The maximum absolute atomic E-state index is 14.2. The summed E-state index contributed by atoms with van der Waals surface area (Å²) in [5, 5.41) is 14.5. The van der Waals surface area contributed by atoms with Crippen LogP contribution in [-0.2, 0) is 24.9 Å². The van der Waals surface area contributed by atoms with E-state index in [0.717, 1.165) is 49.0 Å². The number of imidazole rings is 1. The summed E-state index contributed by atoms with van der Waals surface area (Å²) in [5.74, 6) is 1.09. The molecule has 1 unspecified atom stereocenters. The number of tetrazole rings is 1. The highest BCUT2D eigenvalue weighted by atomic mass is 16.2. The molecule has 0 saturated carbocycles. The minimum absolute atomic E-state index is 0.0595. The predicted molar refractivity (Wildman–Crippen MR) is 150 cm³/mol. The van der Waals surface area contributed by atoms with E-state index in [1.807, 2.05) is 45.9 Å². The van der Waals surface area contributed by atoms with Gasteiger partial charge in [0.1, 0.15) is 5.82 Å². The number of nitrogens with zero attached hydrogens (tertiary/aromatic N) is 7. The number of carbonyl (C=O) groups excluding carboxylic acids is 1. The maximum atomic E-state index is 14.2. The van der Waals surface area contributed by atoms with Gasteiger partial charge in [-0.3, -0.25) is 18.9 Å². The second kappa shape index (κ2) is 11.2. The number of aryl methyl sites for hydroxylation is 2. The predicted octanol–water partition coefficient (Wildman–Crippen LogP) is 4.50. The molecule has 1 atom stereocenters. The number of ketones is 1. The quantitative estimate of drug-likeness (QED) is 0.289. The van der Waals surface area contributed by atoms with Crippen LogP contribution in [0, 0.1) is 0 Å². The van der Waals surface area contributed by atoms with Crippen LogP contribution in [0.25, 0.3) is 17.2 Å². The number of Topliss-reactive ketones (excluding diaryl/α,β-unsaturated/α-hetero) is 1. The third-order valence-electron chi connectivity index (χ3n) is 7.38. The lowest BCUT2D eigenvalue weighted by molar-refractivity contribution is 0.101. The molecule has 202 valence electrons. The summed E-state index contributed by atoms with van der Waals surface area (Å²) >= 11 is 0. The van der Waals surface area contributed by atoms with Crippen molar-refractivity contribution in [3.63, 3.8) is 0 Å². The molecular weight excluding hydrogens is 492 g/mol. The minimum Gasteiger partial charge on any atom is -0.333 e. The van der Waals surface area contributed by atoms with E-state index >= 15 is 0 Å². The highest BCUT2D eigenvalue weighted by Crippen LogP contribution is 2.35. The van der Waals surface area contributed by atoms with Crippen molar-refractivity contribution in [1.82, 2.24) is 34.3 Å². The van der Waals surface area contributed by atoms with E-state index in [-0.39, 0.29) is 11.5 Å². The van der Waals surface area contributed by atoms with Crippen molar-refractivity contribution in [2.24, 2.45) is 4.99 Å². The van der Waals surface area contributed by atoms with Crippen LogP contribution >= 0.6 is 0 Å². The Morgan fingerprint density at radius 3 is 2.74 bits per heavy atom. The molecule has 0 amide bonds. The second-order valence-electron chi connectivity index (χ2n) is 10.1. The molecule has 39 heavy (non-hydrogen) atoms. The van der Waals surface area contributed by atoms with E-state index in [9.17, 15) is 9.59 Å². The van der Waals surface area contributed by atoms with Gasteiger partial charge in [0.25, 0.3) is 0 Å². The Bertz CT molecular complexity index is 1570. The zero-order chi connectivity index (χ0) is 27.4. The van der Waals surface area contributed by atoms with Crippen LogP contribution in [0.4, 0.5) is 0 Å². The molecule has 4 aromatic rings. The van der Waals surface area contributed by atoms with Crippen LogP contribution in [0.5, 0.6) is 0 Å². The number of benzene rings is 1. The number of allylic oxidation sites excluding steroid dienone is 1. The third kappa shape index (κ3) is 5.06. The van der Waals surface area contributed by atoms with Crippen molar-refractivity contribution in [2.45, 2.75) is 71.4 Å². The van der Waals surface area contributed by atoms with Gasteiger partial charge in [0, 0.05) is 54.6 Å². The lowest BCUT2D eigenvalue weighted by Gasteiger charge is -2.32. The minimum atomic E-state index is -0.507. The van der Waals surface area contributed by atoms with Gasteiger partial charge in [-0.1, -0.05) is 44.5 Å². The Morgan fingerprint density at radius 1 is 1.18 bits per heavy atom. The van der Waals surface area contributed by atoms with E-state index in [1.54, 1.807) is 17.7 Å². The SMILES string of the molecule is CCCCc1cn(-c2c(C(C)=O)ccn2CCC)c(=O)n1CC1(c2cccc(-c3nn[nH]n3)c2)C=CN=CC1. The number of hydrogen-bond donors (Lipinski definition) is 1. The van der Waals surface area contributed by atoms with Crippen LogP contribution in [-0.4, -0.2) is 46.3 Å².